The number of carbonyl (C=O) groups excluding carboxylic acids is 2. The molecule has 1 unspecified atom stereocenters. The van der Waals surface area contributed by atoms with E-state index in [4.69, 9.17) is 9.47 Å². The molecule has 6 nitrogen and oxygen atoms in total. The van der Waals surface area contributed by atoms with E-state index in [9.17, 15) is 9.59 Å². The molecule has 0 spiro atoms. The van der Waals surface area contributed by atoms with Gasteiger partial charge in [-0.15, -0.1) is 0 Å². The maximum atomic E-state index is 13.4. The smallest absolute Gasteiger partial charge is 0.410 e. The molecule has 2 aliphatic carbocycles. The Bertz CT molecular complexity index is 868. The molecule has 194 valence electrons. The van der Waals surface area contributed by atoms with E-state index in [0.717, 1.165) is 38.5 Å². The maximum absolute atomic E-state index is 13.4. The second-order valence-corrected chi connectivity index (χ2v) is 11.0. The lowest BCUT2D eigenvalue weighted by Gasteiger charge is -2.40. The molecule has 2 saturated carbocycles. The van der Waals surface area contributed by atoms with Crippen molar-refractivity contribution in [1.82, 2.24) is 9.80 Å². The van der Waals surface area contributed by atoms with Crippen molar-refractivity contribution in [2.75, 3.05) is 20.7 Å². The van der Waals surface area contributed by atoms with Gasteiger partial charge in [0.05, 0.1) is 13.5 Å². The molecule has 0 heterocycles. The normalized spacial score (nSPS) is 24.7. The Morgan fingerprint density at radius 3 is 2.26 bits per heavy atom. The number of methoxy groups -OCH3 is 1. The minimum Gasteiger partial charge on any atom is -0.469 e. The molecule has 3 rings (SSSR count). The Hall–Kier alpha value is -2.34. The molecule has 0 aromatic heterocycles. The number of amides is 1. The van der Waals surface area contributed by atoms with Gasteiger partial charge in [-0.3, -0.25) is 4.79 Å². The maximum Gasteiger partial charge on any atom is 0.410 e. The van der Waals surface area contributed by atoms with Crippen LogP contribution in [0.25, 0.3) is 6.08 Å². The van der Waals surface area contributed by atoms with Gasteiger partial charge < -0.3 is 19.3 Å². The number of hydrogen-bond donors (Lipinski definition) is 0. The molecule has 1 amide bonds. The summed E-state index contributed by atoms with van der Waals surface area (Å²) in [7, 11) is 3.52. The Morgan fingerprint density at radius 2 is 1.69 bits per heavy atom. The summed E-state index contributed by atoms with van der Waals surface area (Å²) in [5.74, 6) is 0.227. The SMILES string of the molecule is CCC(=Cc1ccccc1)C1C[C@@H]1N(C(=O)OC(C)(C)C)C1CCC(N(C)CCC(=O)OC)CC1. The molecule has 1 aromatic rings. The minimum absolute atomic E-state index is 0.170. The highest BCUT2D eigenvalue weighted by Crippen LogP contribution is 2.46. The van der Waals surface area contributed by atoms with Crippen molar-refractivity contribution < 1.29 is 19.1 Å². The van der Waals surface area contributed by atoms with Crippen molar-refractivity contribution >= 4 is 18.1 Å². The van der Waals surface area contributed by atoms with Crippen LogP contribution in [0.3, 0.4) is 0 Å². The first kappa shape index (κ1) is 27.3. The van der Waals surface area contributed by atoms with Gasteiger partial charge in [-0.2, -0.15) is 0 Å². The Kier molecular flexibility index (Phi) is 9.40. The van der Waals surface area contributed by atoms with Crippen LogP contribution in [0, 0.1) is 5.92 Å². The molecular formula is C29H44N2O4. The van der Waals surface area contributed by atoms with E-state index >= 15 is 0 Å². The molecule has 0 aliphatic heterocycles. The summed E-state index contributed by atoms with van der Waals surface area (Å²) in [5.41, 5.74) is 2.11. The van der Waals surface area contributed by atoms with E-state index in [1.165, 1.54) is 18.2 Å². The highest BCUT2D eigenvalue weighted by Gasteiger charge is 2.49. The average Bonchev–Trinajstić information content (AvgIpc) is 3.60. The van der Waals surface area contributed by atoms with Gasteiger partial charge in [0.15, 0.2) is 0 Å². The summed E-state index contributed by atoms with van der Waals surface area (Å²) in [6.45, 7) is 8.72. The third-order valence-corrected chi connectivity index (χ3v) is 7.33. The fourth-order valence-corrected chi connectivity index (χ4v) is 5.32. The monoisotopic (exact) mass is 484 g/mol. The number of ether oxygens (including phenoxy) is 2. The highest BCUT2D eigenvalue weighted by molar-refractivity contribution is 5.70. The van der Waals surface area contributed by atoms with E-state index < -0.39 is 5.60 Å². The van der Waals surface area contributed by atoms with Gasteiger partial charge in [0.25, 0.3) is 0 Å². The van der Waals surface area contributed by atoms with Gasteiger partial charge in [0.2, 0.25) is 0 Å². The number of rotatable bonds is 9. The van der Waals surface area contributed by atoms with Crippen LogP contribution in [0.2, 0.25) is 0 Å². The van der Waals surface area contributed by atoms with Gasteiger partial charge in [0, 0.05) is 30.6 Å². The first-order valence-corrected chi connectivity index (χ1v) is 13.2. The van der Waals surface area contributed by atoms with E-state index in [2.05, 4.69) is 54.1 Å². The summed E-state index contributed by atoms with van der Waals surface area (Å²) in [6.07, 6.45) is 8.46. The topological polar surface area (TPSA) is 59.1 Å². The zero-order valence-corrected chi connectivity index (χ0v) is 22.5. The summed E-state index contributed by atoms with van der Waals surface area (Å²) < 4.78 is 10.7. The van der Waals surface area contributed by atoms with Crippen LogP contribution in [0.4, 0.5) is 4.79 Å². The lowest BCUT2D eigenvalue weighted by Crippen LogP contribution is -2.49. The van der Waals surface area contributed by atoms with Crippen LogP contribution >= 0.6 is 0 Å². The fraction of sp³-hybridized carbons (Fsp3) is 0.655. The summed E-state index contributed by atoms with van der Waals surface area (Å²) in [4.78, 5) is 29.3. The Labute approximate surface area is 211 Å². The molecule has 2 aliphatic rings. The van der Waals surface area contributed by atoms with Gasteiger partial charge in [-0.05, 0) is 71.9 Å². The molecule has 35 heavy (non-hydrogen) atoms. The first-order chi connectivity index (χ1) is 16.6. The predicted molar refractivity (Wildman–Crippen MR) is 140 cm³/mol. The number of hydrogen-bond acceptors (Lipinski definition) is 5. The molecule has 1 aromatic carbocycles. The minimum atomic E-state index is -0.515. The lowest BCUT2D eigenvalue weighted by atomic mass is 9.89. The third-order valence-electron chi connectivity index (χ3n) is 7.33. The van der Waals surface area contributed by atoms with Crippen molar-refractivity contribution in [2.45, 2.75) is 96.4 Å². The molecule has 0 saturated heterocycles. The van der Waals surface area contributed by atoms with Gasteiger partial charge in [-0.1, -0.05) is 48.9 Å². The second-order valence-electron chi connectivity index (χ2n) is 11.0. The highest BCUT2D eigenvalue weighted by atomic mass is 16.6. The van der Waals surface area contributed by atoms with Crippen LogP contribution in [0.5, 0.6) is 0 Å². The van der Waals surface area contributed by atoms with E-state index in [1.807, 2.05) is 26.8 Å². The predicted octanol–water partition coefficient (Wildman–Crippen LogP) is 5.91. The first-order valence-electron chi connectivity index (χ1n) is 13.2. The number of nitrogens with zero attached hydrogens (tertiary/aromatic N) is 2. The third kappa shape index (κ3) is 7.83. The van der Waals surface area contributed by atoms with Gasteiger partial charge >= 0.3 is 12.1 Å². The standard InChI is InChI=1S/C29H44N2O4/c1-7-22(19-21-11-9-8-10-12-21)25-20-26(25)31(28(33)35-29(2,3)4)24-15-13-23(14-16-24)30(5)18-17-27(32)34-6/h8-12,19,23-26H,7,13-18,20H2,1-6H3/t23?,24?,25?,26-/m0/s1. The van der Waals surface area contributed by atoms with Crippen LogP contribution in [0.1, 0.15) is 78.2 Å². The average molecular weight is 485 g/mol. The summed E-state index contributed by atoms with van der Waals surface area (Å²) >= 11 is 0. The molecule has 0 N–H and O–H groups in total. The van der Waals surface area contributed by atoms with Crippen molar-refractivity contribution in [2.24, 2.45) is 5.92 Å². The second kappa shape index (κ2) is 12.1. The molecular weight excluding hydrogens is 440 g/mol. The zero-order valence-electron chi connectivity index (χ0n) is 22.5. The van der Waals surface area contributed by atoms with Crippen LogP contribution in [0.15, 0.2) is 35.9 Å². The summed E-state index contributed by atoms with van der Waals surface area (Å²) in [6, 6.07) is 11.3. The molecule has 2 atom stereocenters. The van der Waals surface area contributed by atoms with Crippen molar-refractivity contribution in [1.29, 1.82) is 0 Å². The van der Waals surface area contributed by atoms with E-state index in [1.54, 1.807) is 0 Å². The molecule has 0 radical (unpaired) electrons. The Balaban J connectivity index is 1.68. The van der Waals surface area contributed by atoms with Crippen molar-refractivity contribution in [3.63, 3.8) is 0 Å². The van der Waals surface area contributed by atoms with Gasteiger partial charge in [-0.25, -0.2) is 4.79 Å². The van der Waals surface area contributed by atoms with Crippen molar-refractivity contribution in [3.8, 4) is 0 Å². The van der Waals surface area contributed by atoms with E-state index in [0.29, 0.717) is 24.9 Å². The quantitative estimate of drug-likeness (QED) is 0.408. The molecule has 6 heteroatoms. The molecule has 0 bridgehead atoms. The largest absolute Gasteiger partial charge is 0.469 e. The Morgan fingerprint density at radius 1 is 1.06 bits per heavy atom. The number of benzene rings is 1. The number of carbonyl (C=O) groups is 2. The van der Waals surface area contributed by atoms with Crippen LogP contribution in [-0.2, 0) is 14.3 Å². The van der Waals surface area contributed by atoms with Crippen LogP contribution < -0.4 is 0 Å². The fourth-order valence-electron chi connectivity index (χ4n) is 5.32. The van der Waals surface area contributed by atoms with Crippen LogP contribution in [-0.4, -0.2) is 66.3 Å². The molecule has 2 fully saturated rings. The van der Waals surface area contributed by atoms with E-state index in [-0.39, 0.29) is 24.1 Å². The van der Waals surface area contributed by atoms with Gasteiger partial charge in [0.1, 0.15) is 5.60 Å². The zero-order chi connectivity index (χ0) is 25.6. The van der Waals surface area contributed by atoms with Crippen molar-refractivity contribution in [3.05, 3.63) is 41.5 Å². The summed E-state index contributed by atoms with van der Waals surface area (Å²) in [5, 5.41) is 0. The number of esters is 1. The lowest BCUT2D eigenvalue weighted by molar-refractivity contribution is -0.141.